The topological polar surface area (TPSA) is 110 Å². The molecule has 2 rings (SSSR count). The molecule has 0 spiro atoms. The van der Waals surface area contributed by atoms with E-state index in [0.29, 0.717) is 11.3 Å². The molecule has 0 aliphatic heterocycles. The van der Waals surface area contributed by atoms with Crippen LogP contribution >= 0.6 is 0 Å². The summed E-state index contributed by atoms with van der Waals surface area (Å²) in [5.41, 5.74) is -0.243. The van der Waals surface area contributed by atoms with Gasteiger partial charge in [0.25, 0.3) is 0 Å². The predicted molar refractivity (Wildman–Crippen MR) is 107 cm³/mol. The molecule has 9 nitrogen and oxygen atoms in total. The second-order valence-corrected chi connectivity index (χ2v) is 7.76. The quantitative estimate of drug-likeness (QED) is 0.475. The number of ketones is 1. The number of carbonyl (C=O) groups is 3. The number of aromatic nitrogens is 3. The third-order valence-corrected chi connectivity index (χ3v) is 4.84. The fourth-order valence-electron chi connectivity index (χ4n) is 3.28. The molecule has 9 heteroatoms. The van der Waals surface area contributed by atoms with Gasteiger partial charge in [-0.05, 0) is 17.7 Å². The number of Topliss-reactive ketones (excluding diaryl/α,β-unsaturated/α-hetero) is 1. The van der Waals surface area contributed by atoms with Gasteiger partial charge in [0.1, 0.15) is 24.4 Å². The van der Waals surface area contributed by atoms with Crippen molar-refractivity contribution < 1.29 is 28.6 Å². The van der Waals surface area contributed by atoms with E-state index in [1.54, 1.807) is 45.0 Å². The number of carbonyl (C=O) groups excluding carboxylic acids is 3. The Bertz CT molecular complexity index is 855. The Kier molecular flexibility index (Phi) is 7.31. The lowest BCUT2D eigenvalue weighted by Gasteiger charge is -2.34. The van der Waals surface area contributed by atoms with E-state index in [-0.39, 0.29) is 5.78 Å². The fourth-order valence-corrected chi connectivity index (χ4v) is 3.28. The highest BCUT2D eigenvalue weighted by atomic mass is 16.5. The Balaban J connectivity index is 2.76. The van der Waals surface area contributed by atoms with Crippen LogP contribution in [0.4, 0.5) is 0 Å². The molecular formula is C21H27N3O6. The summed E-state index contributed by atoms with van der Waals surface area (Å²) in [5, 5.41) is 4.14. The van der Waals surface area contributed by atoms with Crippen LogP contribution in [0.15, 0.2) is 36.9 Å². The lowest BCUT2D eigenvalue weighted by atomic mass is 9.73. The first kappa shape index (κ1) is 23.1. The second-order valence-electron chi connectivity index (χ2n) is 7.76. The number of benzene rings is 1. The van der Waals surface area contributed by atoms with Gasteiger partial charge in [-0.3, -0.25) is 14.4 Å². The molecule has 0 N–H and O–H groups in total. The SMILES string of the molecule is COC(=O)C(C(=O)OC)C(c1ccc(OC)cc1)C(C(=O)C(C)(C)C)n1cncn1. The average molecular weight is 417 g/mol. The molecule has 2 aromatic rings. The van der Waals surface area contributed by atoms with Crippen molar-refractivity contribution >= 4 is 17.7 Å². The maximum Gasteiger partial charge on any atom is 0.320 e. The number of ether oxygens (including phenoxy) is 3. The minimum absolute atomic E-state index is 0.230. The molecule has 2 atom stereocenters. The van der Waals surface area contributed by atoms with Crippen LogP contribution in [0.1, 0.15) is 38.3 Å². The summed E-state index contributed by atoms with van der Waals surface area (Å²) in [6, 6.07) is 5.76. The molecule has 0 aliphatic carbocycles. The number of esters is 2. The van der Waals surface area contributed by atoms with Crippen molar-refractivity contribution in [2.45, 2.75) is 32.7 Å². The van der Waals surface area contributed by atoms with Crippen LogP contribution in [0.3, 0.4) is 0 Å². The van der Waals surface area contributed by atoms with E-state index in [4.69, 9.17) is 14.2 Å². The Morgan fingerprint density at radius 1 is 0.967 bits per heavy atom. The number of hydrogen-bond acceptors (Lipinski definition) is 8. The van der Waals surface area contributed by atoms with Crippen molar-refractivity contribution in [3.63, 3.8) is 0 Å². The lowest BCUT2D eigenvalue weighted by molar-refractivity contribution is -0.161. The van der Waals surface area contributed by atoms with Crippen LogP contribution < -0.4 is 4.74 Å². The molecule has 0 fully saturated rings. The molecule has 0 saturated heterocycles. The van der Waals surface area contributed by atoms with E-state index in [9.17, 15) is 14.4 Å². The molecule has 0 saturated carbocycles. The predicted octanol–water partition coefficient (Wildman–Crippen LogP) is 2.19. The van der Waals surface area contributed by atoms with Crippen LogP contribution in [0.2, 0.25) is 0 Å². The van der Waals surface area contributed by atoms with Gasteiger partial charge in [-0.1, -0.05) is 32.9 Å². The summed E-state index contributed by atoms with van der Waals surface area (Å²) in [5.74, 6) is -3.61. The molecule has 0 amide bonds. The van der Waals surface area contributed by atoms with Crippen LogP contribution in [0.5, 0.6) is 5.75 Å². The van der Waals surface area contributed by atoms with E-state index in [1.807, 2.05) is 0 Å². The summed E-state index contributed by atoms with van der Waals surface area (Å²) >= 11 is 0. The lowest BCUT2D eigenvalue weighted by Crippen LogP contribution is -2.42. The number of nitrogens with zero attached hydrogens (tertiary/aromatic N) is 3. The van der Waals surface area contributed by atoms with Crippen LogP contribution in [-0.4, -0.2) is 53.8 Å². The van der Waals surface area contributed by atoms with Gasteiger partial charge in [0.2, 0.25) is 0 Å². The first-order valence-corrected chi connectivity index (χ1v) is 9.33. The molecule has 0 bridgehead atoms. The molecule has 1 aromatic carbocycles. The zero-order chi connectivity index (χ0) is 22.5. The van der Waals surface area contributed by atoms with Gasteiger partial charge in [-0.15, -0.1) is 0 Å². The van der Waals surface area contributed by atoms with Crippen molar-refractivity contribution in [2.24, 2.45) is 11.3 Å². The van der Waals surface area contributed by atoms with E-state index in [2.05, 4.69) is 10.1 Å². The van der Waals surface area contributed by atoms with Crippen LogP contribution in [-0.2, 0) is 23.9 Å². The Hall–Kier alpha value is -3.23. The molecule has 0 aliphatic rings. The van der Waals surface area contributed by atoms with Gasteiger partial charge < -0.3 is 14.2 Å². The summed E-state index contributed by atoms with van der Waals surface area (Å²) in [4.78, 5) is 42.8. The largest absolute Gasteiger partial charge is 0.497 e. The first-order chi connectivity index (χ1) is 14.1. The van der Waals surface area contributed by atoms with Gasteiger partial charge in [0.15, 0.2) is 11.7 Å². The van der Waals surface area contributed by atoms with Crippen molar-refractivity contribution in [2.75, 3.05) is 21.3 Å². The first-order valence-electron chi connectivity index (χ1n) is 9.33. The normalized spacial score (nSPS) is 13.4. The molecule has 162 valence electrons. The van der Waals surface area contributed by atoms with Crippen molar-refractivity contribution in [1.82, 2.24) is 14.8 Å². The molecule has 1 aromatic heterocycles. The Morgan fingerprint density at radius 2 is 1.53 bits per heavy atom. The fraction of sp³-hybridized carbons (Fsp3) is 0.476. The highest BCUT2D eigenvalue weighted by Crippen LogP contribution is 2.41. The zero-order valence-electron chi connectivity index (χ0n) is 18.0. The van der Waals surface area contributed by atoms with Crippen LogP contribution in [0.25, 0.3) is 0 Å². The van der Waals surface area contributed by atoms with Gasteiger partial charge in [0, 0.05) is 11.3 Å². The molecule has 30 heavy (non-hydrogen) atoms. The maximum atomic E-state index is 13.5. The van der Waals surface area contributed by atoms with E-state index in [1.165, 1.54) is 38.7 Å². The Labute approximate surface area is 175 Å². The zero-order valence-corrected chi connectivity index (χ0v) is 18.0. The number of methoxy groups -OCH3 is 3. The molecule has 2 unspecified atom stereocenters. The standard InChI is InChI=1S/C21H27N3O6/c1-21(2,3)18(25)17(24-12-22-11-23-24)15(13-7-9-14(28-4)10-8-13)16(19(26)29-5)20(27)30-6/h7-12,15-17H,1-6H3. The van der Waals surface area contributed by atoms with Gasteiger partial charge >= 0.3 is 11.9 Å². The summed E-state index contributed by atoms with van der Waals surface area (Å²) < 4.78 is 16.4. The monoisotopic (exact) mass is 417 g/mol. The third kappa shape index (κ3) is 4.84. The van der Waals surface area contributed by atoms with E-state index in [0.717, 1.165) is 0 Å². The molecule has 1 heterocycles. The summed E-state index contributed by atoms with van der Waals surface area (Å²) in [6.07, 6.45) is 2.68. The van der Waals surface area contributed by atoms with Gasteiger partial charge in [0.05, 0.1) is 21.3 Å². The molecular weight excluding hydrogens is 390 g/mol. The van der Waals surface area contributed by atoms with Crippen molar-refractivity contribution in [3.8, 4) is 5.75 Å². The third-order valence-electron chi connectivity index (χ3n) is 4.84. The number of rotatable bonds is 8. The summed E-state index contributed by atoms with van der Waals surface area (Å²) in [7, 11) is 3.89. The van der Waals surface area contributed by atoms with Crippen LogP contribution in [0, 0.1) is 11.3 Å². The molecule has 0 radical (unpaired) electrons. The van der Waals surface area contributed by atoms with Gasteiger partial charge in [-0.25, -0.2) is 9.67 Å². The number of hydrogen-bond donors (Lipinski definition) is 0. The minimum atomic E-state index is -1.39. The maximum absolute atomic E-state index is 13.5. The van der Waals surface area contributed by atoms with E-state index >= 15 is 0 Å². The Morgan fingerprint density at radius 3 is 1.93 bits per heavy atom. The van der Waals surface area contributed by atoms with Crippen molar-refractivity contribution in [1.29, 1.82) is 0 Å². The van der Waals surface area contributed by atoms with Gasteiger partial charge in [-0.2, -0.15) is 5.10 Å². The highest BCUT2D eigenvalue weighted by molar-refractivity contribution is 5.98. The highest BCUT2D eigenvalue weighted by Gasteiger charge is 2.48. The van der Waals surface area contributed by atoms with E-state index < -0.39 is 35.2 Å². The summed E-state index contributed by atoms with van der Waals surface area (Å²) in [6.45, 7) is 5.28. The smallest absolute Gasteiger partial charge is 0.320 e. The average Bonchev–Trinajstić information content (AvgIpc) is 3.26. The van der Waals surface area contributed by atoms with Crippen molar-refractivity contribution in [3.05, 3.63) is 42.5 Å². The minimum Gasteiger partial charge on any atom is -0.497 e. The second kappa shape index (κ2) is 9.51.